The van der Waals surface area contributed by atoms with Crippen molar-refractivity contribution in [1.82, 2.24) is 14.2 Å². The summed E-state index contributed by atoms with van der Waals surface area (Å²) in [6.45, 7) is 1.02. The maximum absolute atomic E-state index is 12.7. The molecule has 2 fully saturated rings. The maximum atomic E-state index is 12.7. The van der Waals surface area contributed by atoms with Gasteiger partial charge in [-0.25, -0.2) is 8.42 Å². The highest BCUT2D eigenvalue weighted by Gasteiger charge is 2.27. The Morgan fingerprint density at radius 1 is 1.12 bits per heavy atom. The number of carbonyl (C=O) groups excluding carboxylic acids is 1. The van der Waals surface area contributed by atoms with Crippen molar-refractivity contribution in [3.63, 3.8) is 0 Å². The number of fused-ring (bicyclic) bond motifs is 1. The first-order valence-electron chi connectivity index (χ1n) is 8.88. The van der Waals surface area contributed by atoms with E-state index < -0.39 is 10.0 Å². The van der Waals surface area contributed by atoms with Crippen LogP contribution in [0.25, 0.3) is 10.9 Å². The Morgan fingerprint density at radius 3 is 2.54 bits per heavy atom. The SMILES string of the molecule is O=C(Cn1c(=O)ccc2cc(S(=O)(=O)N3CCCC3)ccc21)NC1CC1. The summed E-state index contributed by atoms with van der Waals surface area (Å²) in [5.41, 5.74) is 0.280. The molecular weight excluding hydrogens is 354 g/mol. The molecule has 138 valence electrons. The van der Waals surface area contributed by atoms with Gasteiger partial charge in [-0.05, 0) is 55.3 Å². The van der Waals surface area contributed by atoms with E-state index in [1.165, 1.54) is 21.0 Å². The van der Waals surface area contributed by atoms with Gasteiger partial charge in [-0.1, -0.05) is 0 Å². The molecule has 2 aliphatic rings. The zero-order valence-corrected chi connectivity index (χ0v) is 15.2. The van der Waals surface area contributed by atoms with Crippen LogP contribution in [-0.4, -0.2) is 42.3 Å². The van der Waals surface area contributed by atoms with Crippen molar-refractivity contribution < 1.29 is 13.2 Å². The molecule has 0 radical (unpaired) electrons. The molecule has 0 bridgehead atoms. The van der Waals surface area contributed by atoms with Crippen LogP contribution in [-0.2, 0) is 21.4 Å². The number of aromatic nitrogens is 1. The molecule has 1 aliphatic heterocycles. The Balaban J connectivity index is 1.69. The molecule has 0 unspecified atom stereocenters. The number of hydrogen-bond acceptors (Lipinski definition) is 4. The summed E-state index contributed by atoms with van der Waals surface area (Å²) in [5.74, 6) is -0.198. The molecule has 26 heavy (non-hydrogen) atoms. The van der Waals surface area contributed by atoms with Crippen molar-refractivity contribution in [2.24, 2.45) is 0 Å². The van der Waals surface area contributed by atoms with Crippen LogP contribution in [0.15, 0.2) is 40.0 Å². The third-order valence-electron chi connectivity index (χ3n) is 4.91. The molecule has 1 aliphatic carbocycles. The van der Waals surface area contributed by atoms with Gasteiger partial charge in [0.15, 0.2) is 0 Å². The van der Waals surface area contributed by atoms with E-state index in [2.05, 4.69) is 5.32 Å². The summed E-state index contributed by atoms with van der Waals surface area (Å²) >= 11 is 0. The van der Waals surface area contributed by atoms with E-state index >= 15 is 0 Å². The lowest BCUT2D eigenvalue weighted by Gasteiger charge is -2.16. The number of nitrogens with one attached hydrogen (secondary N) is 1. The smallest absolute Gasteiger partial charge is 0.251 e. The number of hydrogen-bond donors (Lipinski definition) is 1. The number of rotatable bonds is 5. The summed E-state index contributed by atoms with van der Waals surface area (Å²) in [7, 11) is -3.52. The molecule has 1 N–H and O–H groups in total. The molecule has 2 aromatic rings. The molecular formula is C18H21N3O4S. The van der Waals surface area contributed by atoms with Crippen molar-refractivity contribution in [3.8, 4) is 0 Å². The topological polar surface area (TPSA) is 88.5 Å². The standard InChI is InChI=1S/C18H21N3O4S/c22-17(19-14-4-5-14)12-21-16-7-6-15(11-13(16)3-8-18(21)23)26(24,25)20-9-1-2-10-20/h3,6-8,11,14H,1-2,4-5,9-10,12H2,(H,19,22). The predicted octanol–water partition coefficient (Wildman–Crippen LogP) is 1.06. The fourth-order valence-electron chi connectivity index (χ4n) is 3.33. The number of sulfonamides is 1. The van der Waals surface area contributed by atoms with E-state index in [4.69, 9.17) is 0 Å². The first kappa shape index (κ1) is 17.2. The monoisotopic (exact) mass is 375 g/mol. The molecule has 0 atom stereocenters. The Hall–Kier alpha value is -2.19. The average molecular weight is 375 g/mol. The molecule has 1 aromatic carbocycles. The van der Waals surface area contributed by atoms with Gasteiger partial charge in [-0.2, -0.15) is 4.31 Å². The minimum atomic E-state index is -3.52. The summed E-state index contributed by atoms with van der Waals surface area (Å²) in [4.78, 5) is 24.5. The lowest BCUT2D eigenvalue weighted by atomic mass is 10.2. The normalized spacial score (nSPS) is 18.3. The van der Waals surface area contributed by atoms with Crippen LogP contribution in [0.1, 0.15) is 25.7 Å². The van der Waals surface area contributed by atoms with Crippen LogP contribution in [0, 0.1) is 0 Å². The van der Waals surface area contributed by atoms with Crippen molar-refractivity contribution in [1.29, 1.82) is 0 Å². The third-order valence-corrected chi connectivity index (χ3v) is 6.80. The predicted molar refractivity (Wildman–Crippen MR) is 97.4 cm³/mol. The zero-order chi connectivity index (χ0) is 18.3. The molecule has 2 heterocycles. The Bertz CT molecular complexity index is 1020. The molecule has 1 aromatic heterocycles. The Labute approximate surface area is 151 Å². The highest BCUT2D eigenvalue weighted by Crippen LogP contribution is 2.24. The Kier molecular flexibility index (Phi) is 4.32. The highest BCUT2D eigenvalue weighted by atomic mass is 32.2. The minimum Gasteiger partial charge on any atom is -0.352 e. The number of pyridine rings is 1. The van der Waals surface area contributed by atoms with Gasteiger partial charge in [0.1, 0.15) is 6.54 Å². The van der Waals surface area contributed by atoms with Gasteiger partial charge in [-0.3, -0.25) is 14.2 Å². The van der Waals surface area contributed by atoms with Gasteiger partial charge in [0.2, 0.25) is 15.9 Å². The third kappa shape index (κ3) is 3.26. The van der Waals surface area contributed by atoms with E-state index in [-0.39, 0.29) is 28.9 Å². The van der Waals surface area contributed by atoms with Crippen molar-refractivity contribution in [2.45, 2.75) is 43.2 Å². The van der Waals surface area contributed by atoms with Crippen molar-refractivity contribution in [3.05, 3.63) is 40.7 Å². The van der Waals surface area contributed by atoms with E-state index in [0.29, 0.717) is 24.0 Å². The van der Waals surface area contributed by atoms with Gasteiger partial charge in [0, 0.05) is 25.2 Å². The van der Waals surface area contributed by atoms with Gasteiger partial charge < -0.3 is 5.32 Å². The second kappa shape index (κ2) is 6.51. The summed E-state index contributed by atoms with van der Waals surface area (Å²) < 4.78 is 28.3. The fraction of sp³-hybridized carbons (Fsp3) is 0.444. The maximum Gasteiger partial charge on any atom is 0.251 e. The largest absolute Gasteiger partial charge is 0.352 e. The molecule has 8 heteroatoms. The van der Waals surface area contributed by atoms with E-state index in [0.717, 1.165) is 25.7 Å². The molecule has 4 rings (SSSR count). The van der Waals surface area contributed by atoms with Gasteiger partial charge >= 0.3 is 0 Å². The summed E-state index contributed by atoms with van der Waals surface area (Å²) in [5, 5.41) is 3.49. The van der Waals surface area contributed by atoms with Crippen LogP contribution in [0.2, 0.25) is 0 Å². The summed E-state index contributed by atoms with van der Waals surface area (Å²) in [6.07, 6.45) is 3.71. The number of amides is 1. The van der Waals surface area contributed by atoms with E-state index in [1.54, 1.807) is 18.2 Å². The molecule has 1 saturated heterocycles. The Morgan fingerprint density at radius 2 is 1.85 bits per heavy atom. The lowest BCUT2D eigenvalue weighted by Crippen LogP contribution is -2.33. The molecule has 1 amide bonds. The van der Waals surface area contributed by atoms with Crippen LogP contribution < -0.4 is 10.9 Å². The van der Waals surface area contributed by atoms with Crippen molar-refractivity contribution in [2.75, 3.05) is 13.1 Å². The minimum absolute atomic E-state index is 0.0646. The van der Waals surface area contributed by atoms with E-state index in [9.17, 15) is 18.0 Å². The van der Waals surface area contributed by atoms with Gasteiger partial charge in [-0.15, -0.1) is 0 Å². The van der Waals surface area contributed by atoms with Crippen LogP contribution in [0.4, 0.5) is 0 Å². The first-order chi connectivity index (χ1) is 12.4. The number of benzene rings is 1. The lowest BCUT2D eigenvalue weighted by molar-refractivity contribution is -0.121. The molecule has 1 saturated carbocycles. The fourth-order valence-corrected chi connectivity index (χ4v) is 4.88. The second-order valence-electron chi connectivity index (χ2n) is 6.93. The molecule has 0 spiro atoms. The molecule has 7 nitrogen and oxygen atoms in total. The van der Waals surface area contributed by atoms with Crippen LogP contribution in [0.5, 0.6) is 0 Å². The van der Waals surface area contributed by atoms with E-state index in [1.807, 2.05) is 0 Å². The zero-order valence-electron chi connectivity index (χ0n) is 14.3. The van der Waals surface area contributed by atoms with Crippen LogP contribution in [0.3, 0.4) is 0 Å². The van der Waals surface area contributed by atoms with Crippen LogP contribution >= 0.6 is 0 Å². The quantitative estimate of drug-likeness (QED) is 0.847. The average Bonchev–Trinajstić information content (AvgIpc) is 3.24. The second-order valence-corrected chi connectivity index (χ2v) is 8.87. The summed E-state index contributed by atoms with van der Waals surface area (Å²) in [6, 6.07) is 7.92. The number of nitrogens with zero attached hydrogens (tertiary/aromatic N) is 2. The van der Waals surface area contributed by atoms with Crippen molar-refractivity contribution >= 4 is 26.8 Å². The first-order valence-corrected chi connectivity index (χ1v) is 10.3. The van der Waals surface area contributed by atoms with Gasteiger partial charge in [0.25, 0.3) is 5.56 Å². The highest BCUT2D eigenvalue weighted by molar-refractivity contribution is 7.89. The number of carbonyl (C=O) groups is 1. The van der Waals surface area contributed by atoms with Gasteiger partial charge in [0.05, 0.1) is 10.4 Å².